The number of imidazole rings is 1. The average Bonchev–Trinajstić information content (AvgIpc) is 3.51. The lowest BCUT2D eigenvalue weighted by Crippen LogP contribution is -2.00. The maximum atomic E-state index is 5.38. The maximum absolute atomic E-state index is 5.38. The Hall–Kier alpha value is -5.73. The number of para-hydroxylation sites is 1. The standard InChI is InChI=1S/C42H30N2/c1-29-35-21-11-13-23-37(35)39(38-24-14-12-22-36(29)38)30-25-27-33(28-26-30)42-43-40(31-15-5-2-6-16-31)41(32-17-7-3-8-18-32)44(42)34-19-9-4-10-20-34/h2-28H,1H3. The van der Waals surface area contributed by atoms with E-state index in [1.807, 2.05) is 0 Å². The third-order valence-electron chi connectivity index (χ3n) is 8.62. The predicted molar refractivity (Wildman–Crippen MR) is 185 cm³/mol. The topological polar surface area (TPSA) is 17.8 Å². The van der Waals surface area contributed by atoms with Crippen LogP contribution >= 0.6 is 0 Å². The first kappa shape index (κ1) is 25.9. The fraction of sp³-hybridized carbons (Fsp3) is 0.0238. The predicted octanol–water partition coefficient (Wildman–Crippen LogP) is 11.2. The fourth-order valence-electron chi connectivity index (χ4n) is 6.55. The Labute approximate surface area is 257 Å². The molecule has 0 aliphatic heterocycles. The maximum Gasteiger partial charge on any atom is 0.145 e. The number of aryl methyl sites for hydroxylation is 1. The SMILES string of the molecule is Cc1c2ccccc2c(-c2ccc(-c3nc(-c4ccccc4)c(-c4ccccc4)n3-c3ccccc3)cc2)c2ccccc12. The number of rotatable bonds is 5. The second-order valence-corrected chi connectivity index (χ2v) is 11.2. The smallest absolute Gasteiger partial charge is 0.145 e. The summed E-state index contributed by atoms with van der Waals surface area (Å²) in [4.78, 5) is 5.38. The number of benzene rings is 7. The minimum atomic E-state index is 0.916. The summed E-state index contributed by atoms with van der Waals surface area (Å²) in [5.41, 5.74) is 10.2. The number of hydrogen-bond acceptors (Lipinski definition) is 1. The molecule has 0 aliphatic carbocycles. The molecule has 0 fully saturated rings. The van der Waals surface area contributed by atoms with Crippen LogP contribution in [0.25, 0.3) is 72.3 Å². The molecule has 1 heterocycles. The summed E-state index contributed by atoms with van der Waals surface area (Å²) in [6, 6.07) is 58.1. The molecule has 0 bridgehead atoms. The lowest BCUT2D eigenvalue weighted by Gasteiger charge is -2.16. The highest BCUT2D eigenvalue weighted by Crippen LogP contribution is 2.41. The summed E-state index contributed by atoms with van der Waals surface area (Å²) < 4.78 is 2.31. The van der Waals surface area contributed by atoms with E-state index in [9.17, 15) is 0 Å². The second-order valence-electron chi connectivity index (χ2n) is 11.2. The van der Waals surface area contributed by atoms with Gasteiger partial charge in [0, 0.05) is 22.4 Å². The van der Waals surface area contributed by atoms with Gasteiger partial charge in [-0.15, -0.1) is 0 Å². The van der Waals surface area contributed by atoms with Crippen molar-refractivity contribution < 1.29 is 0 Å². The molecule has 0 saturated heterocycles. The molecule has 8 aromatic rings. The first-order valence-corrected chi connectivity index (χ1v) is 15.1. The third kappa shape index (κ3) is 4.31. The van der Waals surface area contributed by atoms with Gasteiger partial charge in [-0.05, 0) is 57.3 Å². The van der Waals surface area contributed by atoms with Gasteiger partial charge < -0.3 is 0 Å². The van der Waals surface area contributed by atoms with Gasteiger partial charge in [0.2, 0.25) is 0 Å². The van der Waals surface area contributed by atoms with Crippen molar-refractivity contribution in [2.75, 3.05) is 0 Å². The zero-order chi connectivity index (χ0) is 29.5. The molecular formula is C42H30N2. The molecule has 0 N–H and O–H groups in total. The van der Waals surface area contributed by atoms with Crippen molar-refractivity contribution >= 4 is 21.5 Å². The lowest BCUT2D eigenvalue weighted by atomic mass is 9.89. The van der Waals surface area contributed by atoms with Crippen molar-refractivity contribution in [3.05, 3.63) is 169 Å². The van der Waals surface area contributed by atoms with Crippen LogP contribution in [-0.4, -0.2) is 9.55 Å². The van der Waals surface area contributed by atoms with E-state index in [0.29, 0.717) is 0 Å². The Bertz CT molecular complexity index is 2190. The summed E-state index contributed by atoms with van der Waals surface area (Å²) in [7, 11) is 0. The number of hydrogen-bond donors (Lipinski definition) is 0. The molecule has 44 heavy (non-hydrogen) atoms. The Morgan fingerprint density at radius 3 is 1.43 bits per heavy atom. The first-order valence-electron chi connectivity index (χ1n) is 15.1. The molecule has 208 valence electrons. The van der Waals surface area contributed by atoms with Crippen LogP contribution in [0.5, 0.6) is 0 Å². The molecule has 0 spiro atoms. The fourth-order valence-corrected chi connectivity index (χ4v) is 6.55. The first-order chi connectivity index (χ1) is 21.8. The summed E-state index contributed by atoms with van der Waals surface area (Å²) in [5.74, 6) is 0.916. The highest BCUT2D eigenvalue weighted by molar-refractivity contribution is 6.14. The molecule has 1 aromatic heterocycles. The molecule has 0 unspecified atom stereocenters. The quantitative estimate of drug-likeness (QED) is 0.191. The molecule has 0 saturated carbocycles. The van der Waals surface area contributed by atoms with Crippen molar-refractivity contribution in [3.63, 3.8) is 0 Å². The highest BCUT2D eigenvalue weighted by atomic mass is 15.1. The average molecular weight is 563 g/mol. The zero-order valence-electron chi connectivity index (χ0n) is 24.5. The largest absolute Gasteiger partial charge is 0.292 e. The van der Waals surface area contributed by atoms with E-state index >= 15 is 0 Å². The molecular weight excluding hydrogens is 532 g/mol. The minimum absolute atomic E-state index is 0.916. The van der Waals surface area contributed by atoms with Gasteiger partial charge in [0.1, 0.15) is 5.82 Å². The Kier molecular flexibility index (Phi) is 6.39. The number of aromatic nitrogens is 2. The van der Waals surface area contributed by atoms with Crippen LogP contribution in [-0.2, 0) is 0 Å². The van der Waals surface area contributed by atoms with Crippen molar-refractivity contribution in [1.82, 2.24) is 9.55 Å². The van der Waals surface area contributed by atoms with Crippen LogP contribution in [0, 0.1) is 6.92 Å². The molecule has 0 atom stereocenters. The van der Waals surface area contributed by atoms with Crippen LogP contribution in [0.4, 0.5) is 0 Å². The van der Waals surface area contributed by atoms with Crippen molar-refractivity contribution in [3.8, 4) is 50.7 Å². The normalized spacial score (nSPS) is 11.3. The second kappa shape index (κ2) is 10.8. The van der Waals surface area contributed by atoms with Gasteiger partial charge in [-0.25, -0.2) is 4.98 Å². The molecule has 7 aromatic carbocycles. The van der Waals surface area contributed by atoms with Crippen LogP contribution in [0.15, 0.2) is 164 Å². The van der Waals surface area contributed by atoms with E-state index in [0.717, 1.165) is 39.6 Å². The Morgan fingerprint density at radius 1 is 0.409 bits per heavy atom. The van der Waals surface area contributed by atoms with Crippen LogP contribution in [0.3, 0.4) is 0 Å². The molecule has 2 heteroatoms. The Morgan fingerprint density at radius 2 is 0.864 bits per heavy atom. The summed E-state index contributed by atoms with van der Waals surface area (Å²) in [6.45, 7) is 2.23. The van der Waals surface area contributed by atoms with Crippen LogP contribution < -0.4 is 0 Å². The minimum Gasteiger partial charge on any atom is -0.292 e. The molecule has 0 aliphatic rings. The summed E-state index contributed by atoms with van der Waals surface area (Å²) in [6.07, 6.45) is 0. The van der Waals surface area contributed by atoms with E-state index < -0.39 is 0 Å². The van der Waals surface area contributed by atoms with Crippen LogP contribution in [0.2, 0.25) is 0 Å². The van der Waals surface area contributed by atoms with Gasteiger partial charge in [-0.3, -0.25) is 4.57 Å². The monoisotopic (exact) mass is 562 g/mol. The van der Waals surface area contributed by atoms with E-state index in [-0.39, 0.29) is 0 Å². The lowest BCUT2D eigenvalue weighted by molar-refractivity contribution is 1.07. The van der Waals surface area contributed by atoms with Gasteiger partial charge in [0.15, 0.2) is 0 Å². The number of fused-ring (bicyclic) bond motifs is 2. The van der Waals surface area contributed by atoms with E-state index in [4.69, 9.17) is 4.98 Å². The van der Waals surface area contributed by atoms with Gasteiger partial charge in [-0.2, -0.15) is 0 Å². The third-order valence-corrected chi connectivity index (χ3v) is 8.62. The highest BCUT2D eigenvalue weighted by Gasteiger charge is 2.22. The van der Waals surface area contributed by atoms with Gasteiger partial charge in [-0.1, -0.05) is 152 Å². The van der Waals surface area contributed by atoms with Crippen molar-refractivity contribution in [1.29, 1.82) is 0 Å². The zero-order valence-corrected chi connectivity index (χ0v) is 24.5. The van der Waals surface area contributed by atoms with Crippen molar-refractivity contribution in [2.24, 2.45) is 0 Å². The van der Waals surface area contributed by atoms with E-state index in [2.05, 4.69) is 175 Å². The Balaban J connectivity index is 1.37. The summed E-state index contributed by atoms with van der Waals surface area (Å²) in [5, 5.41) is 5.15. The molecule has 0 amide bonds. The van der Waals surface area contributed by atoms with E-state index in [1.165, 1.54) is 38.2 Å². The molecule has 8 rings (SSSR count). The number of nitrogens with zero attached hydrogens (tertiary/aromatic N) is 2. The van der Waals surface area contributed by atoms with E-state index in [1.54, 1.807) is 0 Å². The van der Waals surface area contributed by atoms with Crippen molar-refractivity contribution in [2.45, 2.75) is 6.92 Å². The molecule has 0 radical (unpaired) electrons. The van der Waals surface area contributed by atoms with Gasteiger partial charge in [0.05, 0.1) is 11.4 Å². The van der Waals surface area contributed by atoms with Crippen LogP contribution in [0.1, 0.15) is 5.56 Å². The van der Waals surface area contributed by atoms with Gasteiger partial charge >= 0.3 is 0 Å². The summed E-state index contributed by atoms with van der Waals surface area (Å²) >= 11 is 0. The van der Waals surface area contributed by atoms with Gasteiger partial charge in [0.25, 0.3) is 0 Å². The molecule has 2 nitrogen and oxygen atoms in total.